The zero-order valence-corrected chi connectivity index (χ0v) is 11.5. The number of para-hydroxylation sites is 3. The van der Waals surface area contributed by atoms with Gasteiger partial charge >= 0.3 is 0 Å². The number of hydrogen-bond acceptors (Lipinski definition) is 3. The zero-order chi connectivity index (χ0) is 14.9. The third kappa shape index (κ3) is 3.46. The summed E-state index contributed by atoms with van der Waals surface area (Å²) in [7, 11) is 0. The van der Waals surface area contributed by atoms with Crippen molar-refractivity contribution in [3.8, 4) is 0 Å². The molecule has 21 heavy (non-hydrogen) atoms. The molecule has 0 aliphatic rings. The normalized spacial score (nSPS) is 9.24. The Morgan fingerprint density at radius 3 is 0.905 bits per heavy atom. The molecule has 0 aliphatic heterocycles. The quantitative estimate of drug-likeness (QED) is 0.617. The van der Waals surface area contributed by atoms with E-state index in [0.717, 1.165) is 0 Å². The molecule has 3 aromatic carbocycles. The van der Waals surface area contributed by atoms with E-state index in [1.54, 1.807) is 0 Å². The summed E-state index contributed by atoms with van der Waals surface area (Å²) < 4.78 is 0. The van der Waals surface area contributed by atoms with Gasteiger partial charge in [0.15, 0.2) is 0 Å². The smallest absolute Gasteiger partial charge is 0.0461 e. The number of rotatable bonds is 3. The summed E-state index contributed by atoms with van der Waals surface area (Å²) in [5.74, 6) is 0. The van der Waals surface area contributed by atoms with E-state index in [9.17, 15) is 0 Å². The van der Waals surface area contributed by atoms with Gasteiger partial charge in [-0.15, -0.1) is 0 Å². The van der Waals surface area contributed by atoms with Crippen LogP contribution in [-0.2, 0) is 0 Å². The standard InChI is InChI=1S/C18H15N.N2/c1-4-10-16(11-5-1)19(17-12-6-2-7-13-17)18-14-8-3-9-15-18;1-2/h1-15H;. The Morgan fingerprint density at radius 1 is 0.429 bits per heavy atom. The van der Waals surface area contributed by atoms with Crippen molar-refractivity contribution >= 4 is 17.1 Å². The molecule has 0 saturated heterocycles. The number of benzene rings is 3. The van der Waals surface area contributed by atoms with Crippen LogP contribution in [0.15, 0.2) is 91.0 Å². The molecule has 0 heterocycles. The van der Waals surface area contributed by atoms with Crippen LogP contribution in [0.4, 0.5) is 17.1 Å². The van der Waals surface area contributed by atoms with Crippen molar-refractivity contribution in [3.63, 3.8) is 0 Å². The van der Waals surface area contributed by atoms with Gasteiger partial charge in [0.05, 0.1) is 0 Å². The SMILES string of the molecule is N#N.c1ccc(N(c2ccccc2)c2ccccc2)cc1. The largest absolute Gasteiger partial charge is 0.311 e. The second-order valence-electron chi connectivity index (χ2n) is 4.34. The van der Waals surface area contributed by atoms with Crippen molar-refractivity contribution in [1.82, 2.24) is 0 Å². The maximum Gasteiger partial charge on any atom is 0.0461 e. The molecule has 3 rings (SSSR count). The zero-order valence-electron chi connectivity index (χ0n) is 11.5. The van der Waals surface area contributed by atoms with Crippen molar-refractivity contribution in [2.75, 3.05) is 4.90 Å². The van der Waals surface area contributed by atoms with Crippen molar-refractivity contribution < 1.29 is 0 Å². The Labute approximate surface area is 124 Å². The highest BCUT2D eigenvalue weighted by molar-refractivity contribution is 5.76. The predicted molar refractivity (Wildman–Crippen MR) is 84.6 cm³/mol. The highest BCUT2D eigenvalue weighted by atomic mass is 15.1. The summed E-state index contributed by atoms with van der Waals surface area (Å²) in [5.41, 5.74) is 3.50. The molecule has 102 valence electrons. The average molecular weight is 273 g/mol. The van der Waals surface area contributed by atoms with Crippen LogP contribution >= 0.6 is 0 Å². The molecule has 0 N–H and O–H groups in total. The Balaban J connectivity index is 0.000000774. The maximum atomic E-state index is 6.00. The van der Waals surface area contributed by atoms with Gasteiger partial charge in [-0.25, -0.2) is 0 Å². The second kappa shape index (κ2) is 7.46. The van der Waals surface area contributed by atoms with Crippen LogP contribution in [0.3, 0.4) is 0 Å². The Hall–Kier alpha value is -3.12. The van der Waals surface area contributed by atoms with E-state index >= 15 is 0 Å². The van der Waals surface area contributed by atoms with Gasteiger partial charge in [-0.05, 0) is 36.4 Å². The molecule has 0 radical (unpaired) electrons. The summed E-state index contributed by atoms with van der Waals surface area (Å²) in [6.07, 6.45) is 0. The first-order chi connectivity index (χ1) is 10.4. The van der Waals surface area contributed by atoms with Gasteiger partial charge in [0.2, 0.25) is 0 Å². The molecule has 0 saturated carbocycles. The van der Waals surface area contributed by atoms with Gasteiger partial charge in [0.25, 0.3) is 0 Å². The molecule has 0 unspecified atom stereocenters. The molecule has 3 aromatic rings. The molecule has 0 aromatic heterocycles. The molecule has 0 atom stereocenters. The first kappa shape index (κ1) is 14.3. The average Bonchev–Trinajstić information content (AvgIpc) is 2.60. The van der Waals surface area contributed by atoms with Crippen LogP contribution in [0.5, 0.6) is 0 Å². The van der Waals surface area contributed by atoms with Crippen LogP contribution in [0.25, 0.3) is 0 Å². The Morgan fingerprint density at radius 2 is 0.667 bits per heavy atom. The van der Waals surface area contributed by atoms with Gasteiger partial charge in [0, 0.05) is 27.8 Å². The first-order valence-corrected chi connectivity index (χ1v) is 6.60. The molecular formula is C18H15N3. The summed E-state index contributed by atoms with van der Waals surface area (Å²) in [6, 6.07) is 31.3. The molecule has 3 heteroatoms. The van der Waals surface area contributed by atoms with E-state index < -0.39 is 0 Å². The summed E-state index contributed by atoms with van der Waals surface area (Å²) >= 11 is 0. The van der Waals surface area contributed by atoms with Crippen LogP contribution in [0.2, 0.25) is 0 Å². The highest BCUT2D eigenvalue weighted by Gasteiger charge is 2.10. The van der Waals surface area contributed by atoms with Crippen LogP contribution in [0, 0.1) is 10.8 Å². The van der Waals surface area contributed by atoms with E-state index in [0.29, 0.717) is 0 Å². The monoisotopic (exact) mass is 273 g/mol. The first-order valence-electron chi connectivity index (χ1n) is 6.60. The fourth-order valence-corrected chi connectivity index (χ4v) is 2.18. The molecule has 0 spiro atoms. The summed E-state index contributed by atoms with van der Waals surface area (Å²) in [5, 5.41) is 12.0. The maximum absolute atomic E-state index is 6.00. The van der Waals surface area contributed by atoms with Crippen LogP contribution in [-0.4, -0.2) is 0 Å². The van der Waals surface area contributed by atoms with Crippen molar-refractivity contribution in [2.45, 2.75) is 0 Å². The van der Waals surface area contributed by atoms with E-state index in [1.807, 2.05) is 18.2 Å². The van der Waals surface area contributed by atoms with E-state index in [2.05, 4.69) is 77.7 Å². The lowest BCUT2D eigenvalue weighted by atomic mass is 10.2. The Kier molecular flexibility index (Phi) is 5.08. The fraction of sp³-hybridized carbons (Fsp3) is 0. The minimum Gasteiger partial charge on any atom is -0.311 e. The minimum atomic E-state index is 1.17. The summed E-state index contributed by atoms with van der Waals surface area (Å²) in [6.45, 7) is 0. The molecule has 0 fully saturated rings. The van der Waals surface area contributed by atoms with Gasteiger partial charge in [-0.3, -0.25) is 0 Å². The predicted octanol–water partition coefficient (Wildman–Crippen LogP) is 5.19. The van der Waals surface area contributed by atoms with Gasteiger partial charge in [0.1, 0.15) is 0 Å². The van der Waals surface area contributed by atoms with E-state index in [4.69, 9.17) is 10.8 Å². The molecule has 0 amide bonds. The molecule has 0 aliphatic carbocycles. The van der Waals surface area contributed by atoms with Crippen molar-refractivity contribution in [1.29, 1.82) is 10.8 Å². The molecular weight excluding hydrogens is 258 g/mol. The fourth-order valence-electron chi connectivity index (χ4n) is 2.18. The molecule has 0 bridgehead atoms. The van der Waals surface area contributed by atoms with Crippen molar-refractivity contribution in [2.24, 2.45) is 0 Å². The van der Waals surface area contributed by atoms with Crippen LogP contribution < -0.4 is 4.90 Å². The lowest BCUT2D eigenvalue weighted by molar-refractivity contribution is 1.15. The summed E-state index contributed by atoms with van der Waals surface area (Å²) in [4.78, 5) is 2.25. The van der Waals surface area contributed by atoms with E-state index in [1.165, 1.54) is 17.1 Å². The van der Waals surface area contributed by atoms with Gasteiger partial charge < -0.3 is 4.90 Å². The third-order valence-electron chi connectivity index (χ3n) is 3.04. The lowest BCUT2D eigenvalue weighted by Crippen LogP contribution is -2.09. The highest BCUT2D eigenvalue weighted by Crippen LogP contribution is 2.33. The minimum absolute atomic E-state index is 1.17. The Bertz CT molecular complexity index is 570. The van der Waals surface area contributed by atoms with E-state index in [-0.39, 0.29) is 0 Å². The number of nitrogens with zero attached hydrogens (tertiary/aromatic N) is 3. The molecule has 3 nitrogen and oxygen atoms in total. The van der Waals surface area contributed by atoms with Crippen molar-refractivity contribution in [3.05, 3.63) is 91.0 Å². The lowest BCUT2D eigenvalue weighted by Gasteiger charge is -2.25. The topological polar surface area (TPSA) is 50.8 Å². The third-order valence-corrected chi connectivity index (χ3v) is 3.04. The second-order valence-corrected chi connectivity index (χ2v) is 4.34. The number of anilines is 3. The number of hydrogen-bond donors (Lipinski definition) is 0. The van der Waals surface area contributed by atoms with Crippen LogP contribution in [0.1, 0.15) is 0 Å². The van der Waals surface area contributed by atoms with Gasteiger partial charge in [-0.2, -0.15) is 0 Å². The van der Waals surface area contributed by atoms with Gasteiger partial charge in [-0.1, -0.05) is 54.6 Å².